The second-order valence-electron chi connectivity index (χ2n) is 13.3. The number of aromatic nitrogens is 2. The number of rotatable bonds is 3. The fraction of sp³-hybridized carbons (Fsp3) is 0. The van der Waals surface area contributed by atoms with Gasteiger partial charge in [0.2, 0.25) is 0 Å². The van der Waals surface area contributed by atoms with E-state index < -0.39 is 0 Å². The maximum absolute atomic E-state index is 2.44. The average Bonchev–Trinajstić information content (AvgIpc) is 3.69. The fourth-order valence-corrected chi connectivity index (χ4v) is 8.55. The highest BCUT2D eigenvalue weighted by Gasteiger charge is 2.19. The van der Waals surface area contributed by atoms with Crippen molar-refractivity contribution in [3.63, 3.8) is 0 Å². The molecule has 2 heterocycles. The monoisotopic (exact) mass is 634 g/mol. The van der Waals surface area contributed by atoms with Crippen LogP contribution in [0.5, 0.6) is 0 Å². The minimum absolute atomic E-state index is 1.15. The molecule has 2 heteroatoms. The zero-order valence-electron chi connectivity index (χ0n) is 27.2. The van der Waals surface area contributed by atoms with Gasteiger partial charge in [0.25, 0.3) is 0 Å². The molecule has 0 spiro atoms. The van der Waals surface area contributed by atoms with Gasteiger partial charge in [0.15, 0.2) is 0 Å². The maximum atomic E-state index is 2.44. The molecule has 0 fully saturated rings. The van der Waals surface area contributed by atoms with E-state index >= 15 is 0 Å². The van der Waals surface area contributed by atoms with E-state index in [1.807, 2.05) is 0 Å². The Hall–Kier alpha value is -6.64. The van der Waals surface area contributed by atoms with Gasteiger partial charge in [-0.25, -0.2) is 0 Å². The van der Waals surface area contributed by atoms with Crippen molar-refractivity contribution in [2.45, 2.75) is 0 Å². The lowest BCUT2D eigenvalue weighted by atomic mass is 9.89. The van der Waals surface area contributed by atoms with Crippen molar-refractivity contribution in [2.24, 2.45) is 0 Å². The fourth-order valence-electron chi connectivity index (χ4n) is 8.55. The Morgan fingerprint density at radius 3 is 1.28 bits per heavy atom. The first-order valence-corrected chi connectivity index (χ1v) is 17.3. The highest BCUT2D eigenvalue weighted by atomic mass is 15.0. The lowest BCUT2D eigenvalue weighted by Gasteiger charge is -2.15. The molecule has 0 aliphatic rings. The Bertz CT molecular complexity index is 3080. The smallest absolute Gasteiger partial charge is 0.0562 e. The van der Waals surface area contributed by atoms with Crippen LogP contribution in [0.4, 0.5) is 0 Å². The van der Waals surface area contributed by atoms with Crippen LogP contribution >= 0.6 is 0 Å². The van der Waals surface area contributed by atoms with E-state index in [1.54, 1.807) is 0 Å². The molecule has 2 aromatic heterocycles. The number of para-hydroxylation sites is 3. The number of fused-ring (bicyclic) bond motifs is 12. The molecule has 2 nitrogen and oxygen atoms in total. The predicted octanol–water partition coefficient (Wildman–Crippen LogP) is 13.0. The summed E-state index contributed by atoms with van der Waals surface area (Å²) in [5, 5.41) is 12.8. The molecule has 0 saturated carbocycles. The maximum Gasteiger partial charge on any atom is 0.0562 e. The summed E-state index contributed by atoms with van der Waals surface area (Å²) < 4.78 is 4.84. The van der Waals surface area contributed by atoms with Crippen LogP contribution in [-0.4, -0.2) is 9.13 Å². The van der Waals surface area contributed by atoms with Gasteiger partial charge in [-0.05, 0) is 92.0 Å². The number of benzene rings is 9. The van der Waals surface area contributed by atoms with Gasteiger partial charge in [-0.15, -0.1) is 0 Å². The summed E-state index contributed by atoms with van der Waals surface area (Å²) in [7, 11) is 0. The third-order valence-corrected chi connectivity index (χ3v) is 10.7. The minimum Gasteiger partial charge on any atom is -0.309 e. The minimum atomic E-state index is 1.15. The molecule has 0 aliphatic carbocycles. The molecule has 11 rings (SSSR count). The van der Waals surface area contributed by atoms with Gasteiger partial charge in [-0.1, -0.05) is 133 Å². The Labute approximate surface area is 288 Å². The third-order valence-electron chi connectivity index (χ3n) is 10.7. The molecule has 50 heavy (non-hydrogen) atoms. The molecule has 0 atom stereocenters. The third kappa shape index (κ3) is 3.79. The zero-order valence-corrected chi connectivity index (χ0v) is 27.2. The lowest BCUT2D eigenvalue weighted by molar-refractivity contribution is 1.16. The van der Waals surface area contributed by atoms with E-state index in [4.69, 9.17) is 0 Å². The summed E-state index contributed by atoms with van der Waals surface area (Å²) >= 11 is 0. The largest absolute Gasteiger partial charge is 0.309 e. The molecular formula is C48H30N2. The lowest BCUT2D eigenvalue weighted by Crippen LogP contribution is -1.96. The van der Waals surface area contributed by atoms with Crippen LogP contribution in [-0.2, 0) is 0 Å². The van der Waals surface area contributed by atoms with E-state index in [0.717, 1.165) is 5.69 Å². The van der Waals surface area contributed by atoms with Crippen LogP contribution in [0.15, 0.2) is 182 Å². The molecule has 0 saturated heterocycles. The van der Waals surface area contributed by atoms with Crippen LogP contribution in [0.25, 0.3) is 98.4 Å². The van der Waals surface area contributed by atoms with E-state index in [1.165, 1.54) is 92.7 Å². The van der Waals surface area contributed by atoms with Crippen molar-refractivity contribution in [3.8, 4) is 22.5 Å². The Balaban J connectivity index is 1.16. The van der Waals surface area contributed by atoms with E-state index in [0.29, 0.717) is 0 Å². The normalized spacial score (nSPS) is 12.0. The van der Waals surface area contributed by atoms with E-state index in [-0.39, 0.29) is 0 Å². The van der Waals surface area contributed by atoms with Gasteiger partial charge in [0.1, 0.15) is 0 Å². The van der Waals surface area contributed by atoms with E-state index in [2.05, 4.69) is 191 Å². The predicted molar refractivity (Wildman–Crippen MR) is 213 cm³/mol. The highest BCUT2D eigenvalue weighted by molar-refractivity contribution is 6.28. The van der Waals surface area contributed by atoms with Crippen molar-refractivity contribution in [1.29, 1.82) is 0 Å². The second-order valence-corrected chi connectivity index (χ2v) is 13.3. The Kier molecular flexibility index (Phi) is 5.70. The van der Waals surface area contributed by atoms with Crippen molar-refractivity contribution >= 4 is 75.9 Å². The molecule has 0 aliphatic heterocycles. The van der Waals surface area contributed by atoms with Gasteiger partial charge < -0.3 is 9.13 Å². The van der Waals surface area contributed by atoms with Crippen LogP contribution in [0.3, 0.4) is 0 Å². The molecule has 0 N–H and O–H groups in total. The molecule has 9 aromatic carbocycles. The molecule has 232 valence electrons. The van der Waals surface area contributed by atoms with Gasteiger partial charge in [0, 0.05) is 32.9 Å². The van der Waals surface area contributed by atoms with Crippen LogP contribution < -0.4 is 0 Å². The molecule has 0 amide bonds. The second kappa shape index (κ2) is 10.4. The van der Waals surface area contributed by atoms with Gasteiger partial charge in [-0.2, -0.15) is 0 Å². The van der Waals surface area contributed by atoms with E-state index in [9.17, 15) is 0 Å². The SMILES string of the molecule is c1ccc(-n2c3ccccc3c3cc4c5ccccc5n(-c5ccc(-c6cccc7c8ccccc8c8ccccc8c67)cc5)c4cc32)cc1. The van der Waals surface area contributed by atoms with Gasteiger partial charge in [-0.3, -0.25) is 0 Å². The number of hydrogen-bond donors (Lipinski definition) is 0. The molecular weight excluding hydrogens is 605 g/mol. The summed E-state index contributed by atoms with van der Waals surface area (Å²) in [4.78, 5) is 0. The quantitative estimate of drug-likeness (QED) is 0.171. The molecule has 0 unspecified atom stereocenters. The first-order valence-electron chi connectivity index (χ1n) is 17.3. The summed E-state index contributed by atoms with van der Waals surface area (Å²) in [6.07, 6.45) is 0. The summed E-state index contributed by atoms with van der Waals surface area (Å²) in [6.45, 7) is 0. The highest BCUT2D eigenvalue weighted by Crippen LogP contribution is 2.42. The first kappa shape index (κ1) is 27.3. The van der Waals surface area contributed by atoms with Crippen LogP contribution in [0.2, 0.25) is 0 Å². The average molecular weight is 635 g/mol. The molecule has 11 aromatic rings. The first-order chi connectivity index (χ1) is 24.8. The van der Waals surface area contributed by atoms with Crippen molar-refractivity contribution < 1.29 is 0 Å². The van der Waals surface area contributed by atoms with Crippen molar-refractivity contribution in [2.75, 3.05) is 0 Å². The Morgan fingerprint density at radius 2 is 0.700 bits per heavy atom. The molecule has 0 radical (unpaired) electrons. The summed E-state index contributed by atoms with van der Waals surface area (Å²) in [6, 6.07) is 66.7. The summed E-state index contributed by atoms with van der Waals surface area (Å²) in [5.74, 6) is 0. The van der Waals surface area contributed by atoms with Crippen molar-refractivity contribution in [1.82, 2.24) is 9.13 Å². The molecule has 0 bridgehead atoms. The van der Waals surface area contributed by atoms with Crippen molar-refractivity contribution in [3.05, 3.63) is 182 Å². The Morgan fingerprint density at radius 1 is 0.260 bits per heavy atom. The zero-order chi connectivity index (χ0) is 32.8. The topological polar surface area (TPSA) is 9.86 Å². The van der Waals surface area contributed by atoms with Gasteiger partial charge in [0.05, 0.1) is 22.1 Å². The standard InChI is InChI=1S/C48H30N2/c1-2-13-32(14-3-1)49-44-23-10-8-18-38(44)42-29-43-39-19-9-11-24-45(39)50(47(43)30-46(42)49)33-27-25-31(26-28-33)34-21-12-22-41-37-16-5-4-15-35(37)36-17-6-7-20-40(36)48(34)41/h1-30H. The van der Waals surface area contributed by atoms with Crippen LogP contribution in [0, 0.1) is 0 Å². The summed E-state index contributed by atoms with van der Waals surface area (Å²) in [5.41, 5.74) is 9.63. The number of nitrogens with zero attached hydrogens (tertiary/aromatic N) is 2. The van der Waals surface area contributed by atoms with Crippen LogP contribution in [0.1, 0.15) is 0 Å². The van der Waals surface area contributed by atoms with Gasteiger partial charge >= 0.3 is 0 Å². The number of hydrogen-bond acceptors (Lipinski definition) is 0.